The molecule has 0 amide bonds. The number of anilines is 1. The van der Waals surface area contributed by atoms with Crippen molar-refractivity contribution in [3.8, 4) is 11.1 Å². The standard InChI is InChI=1S/C13H14N4/c1-16-6-5-10-7-9(3-4-12(10)16)11-8-15-17(2)13(11)14/h3-8H,14H2,1-2H3. The van der Waals surface area contributed by atoms with Gasteiger partial charge in [-0.3, -0.25) is 4.68 Å². The maximum Gasteiger partial charge on any atom is 0.129 e. The Balaban J connectivity index is 2.21. The first-order valence-electron chi connectivity index (χ1n) is 5.50. The normalized spacial score (nSPS) is 11.2. The molecule has 0 aliphatic carbocycles. The molecular weight excluding hydrogens is 212 g/mol. The average Bonchev–Trinajstić information content (AvgIpc) is 2.85. The van der Waals surface area contributed by atoms with Gasteiger partial charge in [-0.1, -0.05) is 6.07 Å². The second-order valence-electron chi connectivity index (χ2n) is 4.27. The number of nitrogens with zero attached hydrogens (tertiary/aromatic N) is 3. The van der Waals surface area contributed by atoms with E-state index in [9.17, 15) is 0 Å². The van der Waals surface area contributed by atoms with E-state index >= 15 is 0 Å². The molecule has 3 aromatic rings. The molecule has 0 saturated heterocycles. The Labute approximate surface area is 99.3 Å². The molecule has 0 saturated carbocycles. The van der Waals surface area contributed by atoms with E-state index in [0.717, 1.165) is 11.1 Å². The minimum Gasteiger partial charge on any atom is -0.383 e. The maximum atomic E-state index is 5.98. The summed E-state index contributed by atoms with van der Waals surface area (Å²) in [5.41, 5.74) is 9.29. The summed E-state index contributed by atoms with van der Waals surface area (Å²) >= 11 is 0. The maximum absolute atomic E-state index is 5.98. The van der Waals surface area contributed by atoms with Crippen molar-refractivity contribution in [2.75, 3.05) is 5.73 Å². The molecule has 0 atom stereocenters. The third kappa shape index (κ3) is 1.41. The molecule has 2 heterocycles. The fourth-order valence-electron chi connectivity index (χ4n) is 2.12. The molecule has 2 N–H and O–H groups in total. The van der Waals surface area contributed by atoms with Crippen LogP contribution < -0.4 is 5.73 Å². The topological polar surface area (TPSA) is 48.8 Å². The van der Waals surface area contributed by atoms with Crippen molar-refractivity contribution in [3.05, 3.63) is 36.7 Å². The largest absolute Gasteiger partial charge is 0.383 e. The van der Waals surface area contributed by atoms with E-state index in [1.54, 1.807) is 10.9 Å². The summed E-state index contributed by atoms with van der Waals surface area (Å²) in [7, 11) is 3.89. The quantitative estimate of drug-likeness (QED) is 0.691. The van der Waals surface area contributed by atoms with E-state index in [1.807, 2.05) is 14.1 Å². The van der Waals surface area contributed by atoms with Gasteiger partial charge in [0.25, 0.3) is 0 Å². The predicted octanol–water partition coefficient (Wildman–Crippen LogP) is 2.16. The van der Waals surface area contributed by atoms with Crippen molar-refractivity contribution in [2.24, 2.45) is 14.1 Å². The van der Waals surface area contributed by atoms with E-state index in [0.29, 0.717) is 5.82 Å². The fraction of sp³-hybridized carbons (Fsp3) is 0.154. The fourth-order valence-corrected chi connectivity index (χ4v) is 2.12. The molecule has 0 fully saturated rings. The zero-order chi connectivity index (χ0) is 12.0. The van der Waals surface area contributed by atoms with Crippen LogP contribution in [0.4, 0.5) is 5.82 Å². The number of aryl methyl sites for hydroxylation is 2. The first-order valence-corrected chi connectivity index (χ1v) is 5.50. The highest BCUT2D eigenvalue weighted by atomic mass is 15.3. The summed E-state index contributed by atoms with van der Waals surface area (Å²) in [5, 5.41) is 5.38. The van der Waals surface area contributed by atoms with Crippen LogP contribution in [0.1, 0.15) is 0 Å². The van der Waals surface area contributed by atoms with Crippen LogP contribution in [0.25, 0.3) is 22.0 Å². The summed E-state index contributed by atoms with van der Waals surface area (Å²) in [6, 6.07) is 8.43. The Kier molecular flexibility index (Phi) is 1.98. The third-order valence-electron chi connectivity index (χ3n) is 3.18. The van der Waals surface area contributed by atoms with Gasteiger partial charge in [-0.25, -0.2) is 0 Å². The first-order chi connectivity index (χ1) is 8.16. The lowest BCUT2D eigenvalue weighted by Gasteiger charge is -2.02. The molecule has 0 aliphatic heterocycles. The number of benzene rings is 1. The molecule has 86 valence electrons. The van der Waals surface area contributed by atoms with Crippen molar-refractivity contribution in [3.63, 3.8) is 0 Å². The van der Waals surface area contributed by atoms with Gasteiger partial charge in [0, 0.05) is 36.8 Å². The van der Waals surface area contributed by atoms with Crippen LogP contribution >= 0.6 is 0 Å². The smallest absolute Gasteiger partial charge is 0.129 e. The number of fused-ring (bicyclic) bond motifs is 1. The Morgan fingerprint density at radius 1 is 1.18 bits per heavy atom. The van der Waals surface area contributed by atoms with Gasteiger partial charge in [-0.05, 0) is 23.8 Å². The van der Waals surface area contributed by atoms with E-state index in [4.69, 9.17) is 5.73 Å². The lowest BCUT2D eigenvalue weighted by atomic mass is 10.1. The molecule has 0 radical (unpaired) electrons. The van der Waals surface area contributed by atoms with Gasteiger partial charge in [0.1, 0.15) is 5.82 Å². The number of nitrogen functional groups attached to an aromatic ring is 1. The lowest BCUT2D eigenvalue weighted by Crippen LogP contribution is -1.98. The Hall–Kier alpha value is -2.23. The molecule has 17 heavy (non-hydrogen) atoms. The first kappa shape index (κ1) is 9.96. The number of hydrogen-bond donors (Lipinski definition) is 1. The molecule has 1 aromatic carbocycles. The van der Waals surface area contributed by atoms with Gasteiger partial charge in [0.15, 0.2) is 0 Å². The van der Waals surface area contributed by atoms with Crippen LogP contribution in [0.3, 0.4) is 0 Å². The van der Waals surface area contributed by atoms with Crippen LogP contribution in [-0.2, 0) is 14.1 Å². The molecule has 4 heteroatoms. The molecule has 0 bridgehead atoms. The summed E-state index contributed by atoms with van der Waals surface area (Å²) in [4.78, 5) is 0. The highest BCUT2D eigenvalue weighted by molar-refractivity contribution is 5.87. The third-order valence-corrected chi connectivity index (χ3v) is 3.18. The Morgan fingerprint density at radius 3 is 2.71 bits per heavy atom. The van der Waals surface area contributed by atoms with Gasteiger partial charge in [-0.15, -0.1) is 0 Å². The van der Waals surface area contributed by atoms with Gasteiger partial charge in [0.2, 0.25) is 0 Å². The summed E-state index contributed by atoms with van der Waals surface area (Å²) < 4.78 is 3.79. The number of aromatic nitrogens is 3. The molecule has 0 spiro atoms. The zero-order valence-electron chi connectivity index (χ0n) is 9.88. The van der Waals surface area contributed by atoms with Crippen molar-refractivity contribution in [1.29, 1.82) is 0 Å². The summed E-state index contributed by atoms with van der Waals surface area (Å²) in [6.45, 7) is 0. The molecule has 0 unspecified atom stereocenters. The number of hydrogen-bond acceptors (Lipinski definition) is 2. The Bertz CT molecular complexity index is 691. The minimum absolute atomic E-state index is 0.695. The number of nitrogens with two attached hydrogens (primary N) is 1. The van der Waals surface area contributed by atoms with E-state index in [-0.39, 0.29) is 0 Å². The van der Waals surface area contributed by atoms with Crippen LogP contribution in [0.5, 0.6) is 0 Å². The average molecular weight is 226 g/mol. The van der Waals surface area contributed by atoms with Crippen LogP contribution in [0, 0.1) is 0 Å². The van der Waals surface area contributed by atoms with Gasteiger partial charge < -0.3 is 10.3 Å². The van der Waals surface area contributed by atoms with Crippen LogP contribution in [-0.4, -0.2) is 14.3 Å². The summed E-state index contributed by atoms with van der Waals surface area (Å²) in [5.74, 6) is 0.695. The lowest BCUT2D eigenvalue weighted by molar-refractivity contribution is 0.779. The van der Waals surface area contributed by atoms with Gasteiger partial charge in [-0.2, -0.15) is 5.10 Å². The van der Waals surface area contributed by atoms with E-state index in [2.05, 4.69) is 40.1 Å². The molecule has 0 aliphatic rings. The minimum atomic E-state index is 0.695. The second-order valence-corrected chi connectivity index (χ2v) is 4.27. The van der Waals surface area contributed by atoms with Crippen LogP contribution in [0.15, 0.2) is 36.7 Å². The van der Waals surface area contributed by atoms with Crippen molar-refractivity contribution >= 4 is 16.7 Å². The van der Waals surface area contributed by atoms with Gasteiger partial charge in [0.05, 0.1) is 6.20 Å². The SMILES string of the molecule is Cn1ncc(-c2ccc3c(ccn3C)c2)c1N. The Morgan fingerprint density at radius 2 is 2.00 bits per heavy atom. The highest BCUT2D eigenvalue weighted by Crippen LogP contribution is 2.28. The monoisotopic (exact) mass is 226 g/mol. The number of rotatable bonds is 1. The van der Waals surface area contributed by atoms with Crippen molar-refractivity contribution in [1.82, 2.24) is 14.3 Å². The second kappa shape index (κ2) is 3.38. The highest BCUT2D eigenvalue weighted by Gasteiger charge is 2.08. The molecule has 3 rings (SSSR count). The molecule has 2 aromatic heterocycles. The van der Waals surface area contributed by atoms with Gasteiger partial charge >= 0.3 is 0 Å². The zero-order valence-corrected chi connectivity index (χ0v) is 9.88. The predicted molar refractivity (Wildman–Crippen MR) is 69.5 cm³/mol. The van der Waals surface area contributed by atoms with Crippen molar-refractivity contribution in [2.45, 2.75) is 0 Å². The molecule has 4 nitrogen and oxygen atoms in total. The van der Waals surface area contributed by atoms with E-state index < -0.39 is 0 Å². The molecular formula is C13H14N4. The van der Waals surface area contributed by atoms with Crippen molar-refractivity contribution < 1.29 is 0 Å². The van der Waals surface area contributed by atoms with Crippen LogP contribution in [0.2, 0.25) is 0 Å². The van der Waals surface area contributed by atoms with E-state index in [1.165, 1.54) is 10.9 Å². The summed E-state index contributed by atoms with van der Waals surface area (Å²) in [6.07, 6.45) is 3.86.